The Morgan fingerprint density at radius 3 is 2.69 bits per heavy atom. The minimum Gasteiger partial charge on any atom is -0.465 e. The Morgan fingerprint density at radius 2 is 1.95 bits per heavy atom. The number of benzene rings is 2. The van der Waals surface area contributed by atoms with Gasteiger partial charge in [0.05, 0.1) is 25.5 Å². The van der Waals surface area contributed by atoms with Crippen molar-refractivity contribution in [1.82, 2.24) is 14.6 Å². The van der Waals surface area contributed by atoms with Crippen LogP contribution in [0.5, 0.6) is 5.75 Å². The van der Waals surface area contributed by atoms with Gasteiger partial charge in [0, 0.05) is 11.8 Å². The van der Waals surface area contributed by atoms with E-state index >= 15 is 0 Å². The summed E-state index contributed by atoms with van der Waals surface area (Å²) in [5, 5.41) is 14.7. The van der Waals surface area contributed by atoms with Gasteiger partial charge in [0.25, 0.3) is 5.56 Å². The van der Waals surface area contributed by atoms with E-state index in [0.717, 1.165) is 9.95 Å². The van der Waals surface area contributed by atoms with Gasteiger partial charge < -0.3 is 19.1 Å². The average molecular weight is 608 g/mol. The summed E-state index contributed by atoms with van der Waals surface area (Å²) in [6, 6.07) is 11.3. The van der Waals surface area contributed by atoms with Crippen LogP contribution in [0.4, 0.5) is 4.39 Å². The van der Waals surface area contributed by atoms with Gasteiger partial charge in [-0.2, -0.15) is 9.48 Å². The molecule has 1 aliphatic rings. The quantitative estimate of drug-likeness (QED) is 0.217. The number of hydrogen-bond acceptors (Lipinski definition) is 9. The standard InChI is InChI=1S/C28H35FN3O9P/c1-17(26(35)38-13-12-28(2,3)4)31-42(37,41-22-11-7-9-18-8-5-6-10-19(18)22)39-16-23-21(33)14-24(40-23)32-15-20(29)25(34)30-27(32)36/h5-11,15,17,21,23-24,33H,12-14,16H2,1-4H3,(H,31,37)(H,30,34,36). The smallest absolute Gasteiger partial charge is 0.459 e. The van der Waals surface area contributed by atoms with E-state index in [9.17, 15) is 28.4 Å². The number of ether oxygens (including phenoxy) is 2. The predicted octanol–water partition coefficient (Wildman–Crippen LogP) is 3.64. The van der Waals surface area contributed by atoms with Crippen molar-refractivity contribution in [2.24, 2.45) is 5.41 Å². The van der Waals surface area contributed by atoms with Crippen molar-refractivity contribution in [3.63, 3.8) is 0 Å². The first-order chi connectivity index (χ1) is 19.7. The number of carbonyl (C=O) groups is 1. The molecule has 2 heterocycles. The second-order valence-corrected chi connectivity index (χ2v) is 13.0. The van der Waals surface area contributed by atoms with Crippen LogP contribution in [-0.2, 0) is 23.4 Å². The Balaban J connectivity index is 1.52. The largest absolute Gasteiger partial charge is 0.465 e. The first-order valence-corrected chi connectivity index (χ1v) is 15.0. The number of rotatable bonds is 11. The molecule has 0 bridgehead atoms. The lowest BCUT2D eigenvalue weighted by Gasteiger charge is -2.25. The molecule has 0 amide bonds. The topological polar surface area (TPSA) is 158 Å². The zero-order chi connectivity index (χ0) is 30.7. The number of aromatic nitrogens is 2. The van der Waals surface area contributed by atoms with Crippen LogP contribution >= 0.6 is 7.75 Å². The zero-order valence-corrected chi connectivity index (χ0v) is 24.6. The van der Waals surface area contributed by atoms with Crippen molar-refractivity contribution in [2.75, 3.05) is 13.2 Å². The van der Waals surface area contributed by atoms with Gasteiger partial charge in [-0.25, -0.2) is 9.36 Å². The van der Waals surface area contributed by atoms with E-state index in [1.165, 1.54) is 6.92 Å². The highest BCUT2D eigenvalue weighted by Crippen LogP contribution is 2.47. The maximum Gasteiger partial charge on any atom is 0.459 e. The molecule has 0 spiro atoms. The molecule has 12 nitrogen and oxygen atoms in total. The maximum absolute atomic E-state index is 14.1. The minimum absolute atomic E-state index is 0.0568. The number of carbonyl (C=O) groups excluding carboxylic acids is 1. The van der Waals surface area contributed by atoms with Crippen LogP contribution in [0.25, 0.3) is 10.8 Å². The monoisotopic (exact) mass is 607 g/mol. The summed E-state index contributed by atoms with van der Waals surface area (Å²) >= 11 is 0. The number of hydrogen-bond donors (Lipinski definition) is 3. The third-order valence-electron chi connectivity index (χ3n) is 6.62. The molecular formula is C28H35FN3O9P. The molecule has 42 heavy (non-hydrogen) atoms. The van der Waals surface area contributed by atoms with Crippen LogP contribution in [0, 0.1) is 11.2 Å². The van der Waals surface area contributed by atoms with Crippen molar-refractivity contribution in [3.05, 3.63) is 75.3 Å². The fraction of sp³-hybridized carbons (Fsp3) is 0.464. The molecule has 5 unspecified atom stereocenters. The number of nitrogens with one attached hydrogen (secondary N) is 2. The Hall–Kier alpha value is -3.35. The first-order valence-electron chi connectivity index (χ1n) is 13.5. The van der Waals surface area contributed by atoms with E-state index in [1.807, 2.05) is 44.0 Å². The first kappa shape index (κ1) is 31.6. The number of aliphatic hydroxyl groups is 1. The molecule has 0 radical (unpaired) electrons. The number of aliphatic hydroxyl groups excluding tert-OH is 1. The molecule has 4 rings (SSSR count). The van der Waals surface area contributed by atoms with Crippen molar-refractivity contribution in [2.45, 2.75) is 65.0 Å². The Labute approximate surface area is 241 Å². The molecule has 5 atom stereocenters. The van der Waals surface area contributed by atoms with Crippen LogP contribution in [0.2, 0.25) is 0 Å². The molecule has 3 aromatic rings. The van der Waals surface area contributed by atoms with Gasteiger partial charge in [-0.15, -0.1) is 0 Å². The molecule has 228 valence electrons. The normalized spacial score (nSPS) is 21.1. The number of nitrogens with zero attached hydrogens (tertiary/aromatic N) is 1. The average Bonchev–Trinajstić information content (AvgIpc) is 3.29. The molecule has 1 aliphatic heterocycles. The molecule has 0 saturated carbocycles. The molecule has 1 fully saturated rings. The second kappa shape index (κ2) is 12.9. The second-order valence-electron chi connectivity index (χ2n) is 11.3. The summed E-state index contributed by atoms with van der Waals surface area (Å²) in [4.78, 5) is 38.1. The Bertz CT molecular complexity index is 1580. The lowest BCUT2D eigenvalue weighted by atomic mass is 9.93. The van der Waals surface area contributed by atoms with E-state index in [0.29, 0.717) is 18.0 Å². The van der Waals surface area contributed by atoms with Gasteiger partial charge in [-0.3, -0.25) is 23.7 Å². The van der Waals surface area contributed by atoms with Gasteiger partial charge in [0.1, 0.15) is 24.1 Å². The zero-order valence-electron chi connectivity index (χ0n) is 23.7. The summed E-state index contributed by atoms with van der Waals surface area (Å²) in [5.74, 6) is -1.65. The molecule has 14 heteroatoms. The summed E-state index contributed by atoms with van der Waals surface area (Å²) in [6.45, 7) is 7.16. The molecule has 2 aromatic carbocycles. The number of esters is 1. The third-order valence-corrected chi connectivity index (χ3v) is 8.25. The molecule has 3 N–H and O–H groups in total. The fourth-order valence-electron chi connectivity index (χ4n) is 4.25. The maximum atomic E-state index is 14.1. The SMILES string of the molecule is CC(NP(=O)(OCC1OC(n2cc(F)c(=O)[nH]c2=O)CC1O)Oc1cccc2ccccc12)C(=O)OCCC(C)(C)C. The lowest BCUT2D eigenvalue weighted by Crippen LogP contribution is -2.37. The van der Waals surface area contributed by atoms with E-state index in [4.69, 9.17) is 18.5 Å². The Kier molecular flexibility index (Phi) is 9.69. The van der Waals surface area contributed by atoms with Gasteiger partial charge >= 0.3 is 19.4 Å². The summed E-state index contributed by atoms with van der Waals surface area (Å²) < 4.78 is 51.3. The summed E-state index contributed by atoms with van der Waals surface area (Å²) in [6.07, 6.45) is -2.29. The highest BCUT2D eigenvalue weighted by molar-refractivity contribution is 7.52. The minimum atomic E-state index is -4.33. The number of aromatic amines is 1. The number of H-pyrrole nitrogens is 1. The van der Waals surface area contributed by atoms with Crippen molar-refractivity contribution in [1.29, 1.82) is 0 Å². The van der Waals surface area contributed by atoms with Gasteiger partial charge in [0.2, 0.25) is 5.82 Å². The number of fused-ring (bicyclic) bond motifs is 1. The molecular weight excluding hydrogens is 572 g/mol. The van der Waals surface area contributed by atoms with Gasteiger partial charge in [0.15, 0.2) is 0 Å². The van der Waals surface area contributed by atoms with Crippen molar-refractivity contribution >= 4 is 24.5 Å². The molecule has 1 saturated heterocycles. The predicted molar refractivity (Wildman–Crippen MR) is 152 cm³/mol. The number of halogens is 1. The van der Waals surface area contributed by atoms with Gasteiger partial charge in [-0.1, -0.05) is 57.2 Å². The molecule has 1 aromatic heterocycles. The third kappa shape index (κ3) is 7.93. The van der Waals surface area contributed by atoms with Crippen molar-refractivity contribution in [3.8, 4) is 5.75 Å². The highest BCUT2D eigenvalue weighted by Gasteiger charge is 2.40. The highest BCUT2D eigenvalue weighted by atomic mass is 31.2. The summed E-state index contributed by atoms with van der Waals surface area (Å²) in [5.41, 5.74) is -2.16. The summed E-state index contributed by atoms with van der Waals surface area (Å²) in [7, 11) is -4.33. The van der Waals surface area contributed by atoms with Crippen LogP contribution in [0.15, 0.2) is 58.3 Å². The Morgan fingerprint density at radius 1 is 1.24 bits per heavy atom. The van der Waals surface area contributed by atoms with Crippen LogP contribution < -0.4 is 20.9 Å². The van der Waals surface area contributed by atoms with E-state index < -0.39 is 61.9 Å². The van der Waals surface area contributed by atoms with Gasteiger partial charge in [-0.05, 0) is 30.2 Å². The van der Waals surface area contributed by atoms with Crippen LogP contribution in [0.1, 0.15) is 46.8 Å². The van der Waals surface area contributed by atoms with Crippen LogP contribution in [0.3, 0.4) is 0 Å². The lowest BCUT2D eigenvalue weighted by molar-refractivity contribution is -0.146. The van der Waals surface area contributed by atoms with Crippen molar-refractivity contribution < 1.29 is 37.4 Å². The van der Waals surface area contributed by atoms with Crippen LogP contribution in [-0.4, -0.2) is 52.1 Å². The molecule has 0 aliphatic carbocycles. The van der Waals surface area contributed by atoms with E-state index in [1.54, 1.807) is 24.3 Å². The fourth-order valence-corrected chi connectivity index (χ4v) is 5.77. The van der Waals surface area contributed by atoms with E-state index in [-0.39, 0.29) is 24.2 Å². The van der Waals surface area contributed by atoms with E-state index in [2.05, 4.69) is 5.09 Å².